The second-order valence-corrected chi connectivity index (χ2v) is 15.5. The SMILES string of the molecule is CC1(C)OB(c2ccc3c(c2)C2(c4ccccc4N(c4ccccc4)c4ccccc42)c2cc4c5c(cccc5c2-3)-c2ccccc2-4)OC1(C)C. The normalized spacial score (nSPS) is 17.6. The molecule has 2 aliphatic carbocycles. The summed E-state index contributed by atoms with van der Waals surface area (Å²) in [5.41, 5.74) is 16.1. The molecule has 3 nitrogen and oxygen atoms in total. The predicted octanol–water partition coefficient (Wildman–Crippen LogP) is 10.9. The monoisotopic (exact) mass is 657 g/mol. The molecule has 4 heteroatoms. The zero-order valence-electron chi connectivity index (χ0n) is 29.2. The first-order valence-corrected chi connectivity index (χ1v) is 18.0. The number of hydrogen-bond donors (Lipinski definition) is 0. The first-order valence-electron chi connectivity index (χ1n) is 18.0. The number of para-hydroxylation sites is 3. The van der Waals surface area contributed by atoms with E-state index in [-0.39, 0.29) is 0 Å². The van der Waals surface area contributed by atoms with Gasteiger partial charge in [-0.25, -0.2) is 0 Å². The molecule has 0 atom stereocenters. The molecule has 0 saturated carbocycles. The van der Waals surface area contributed by atoms with E-state index >= 15 is 0 Å². The van der Waals surface area contributed by atoms with Gasteiger partial charge in [-0.2, -0.15) is 0 Å². The van der Waals surface area contributed by atoms with Gasteiger partial charge in [-0.1, -0.05) is 115 Å². The molecular formula is C47H36BNO2. The van der Waals surface area contributed by atoms with Crippen LogP contribution in [0.15, 0.2) is 146 Å². The maximum Gasteiger partial charge on any atom is 0.494 e. The van der Waals surface area contributed by atoms with Gasteiger partial charge in [0.15, 0.2) is 0 Å². The molecule has 7 aromatic rings. The van der Waals surface area contributed by atoms with Gasteiger partial charge in [-0.05, 0) is 130 Å². The standard InChI is InChI=1S/C47H36BNO2/c1-45(2)46(3,4)51-48(50-45)29-25-26-34-39(27-29)47(40-28-36-32-18-9-8-17-31(32)33-19-14-20-35(43(33)36)44(34)40)37-21-10-12-23-41(37)49(30-15-6-5-7-16-30)42-24-13-11-22-38(42)47/h5-28H,1-4H3. The van der Waals surface area contributed by atoms with Crippen molar-refractivity contribution in [2.24, 2.45) is 0 Å². The maximum atomic E-state index is 6.70. The van der Waals surface area contributed by atoms with E-state index in [0.29, 0.717) is 0 Å². The van der Waals surface area contributed by atoms with E-state index in [4.69, 9.17) is 9.31 Å². The highest BCUT2D eigenvalue weighted by atomic mass is 16.7. The van der Waals surface area contributed by atoms with E-state index in [0.717, 1.165) is 11.2 Å². The van der Waals surface area contributed by atoms with Gasteiger partial charge in [0.2, 0.25) is 0 Å². The molecule has 0 bridgehead atoms. The number of rotatable bonds is 2. The molecule has 4 aliphatic rings. The topological polar surface area (TPSA) is 21.7 Å². The van der Waals surface area contributed by atoms with Crippen LogP contribution in [-0.2, 0) is 14.7 Å². The second kappa shape index (κ2) is 9.88. The molecule has 0 aromatic heterocycles. The van der Waals surface area contributed by atoms with Crippen molar-refractivity contribution >= 4 is 40.4 Å². The summed E-state index contributed by atoms with van der Waals surface area (Å²) in [5, 5.41) is 2.65. The number of benzene rings is 7. The zero-order chi connectivity index (χ0) is 34.3. The largest absolute Gasteiger partial charge is 0.494 e. The van der Waals surface area contributed by atoms with Crippen LogP contribution < -0.4 is 10.4 Å². The molecular weight excluding hydrogens is 621 g/mol. The molecule has 51 heavy (non-hydrogen) atoms. The van der Waals surface area contributed by atoms with Crippen LogP contribution in [0.25, 0.3) is 44.2 Å². The minimum absolute atomic E-state index is 0.441. The van der Waals surface area contributed by atoms with Crippen LogP contribution in [0.3, 0.4) is 0 Å². The van der Waals surface area contributed by atoms with Crippen LogP contribution in [0.5, 0.6) is 0 Å². The summed E-state index contributed by atoms with van der Waals surface area (Å²) in [4.78, 5) is 2.44. The second-order valence-electron chi connectivity index (χ2n) is 15.5. The van der Waals surface area contributed by atoms with Crippen molar-refractivity contribution in [3.05, 3.63) is 168 Å². The Bertz CT molecular complexity index is 2560. The van der Waals surface area contributed by atoms with Gasteiger partial charge in [0.1, 0.15) is 0 Å². The fourth-order valence-electron chi connectivity index (χ4n) is 9.50. The quantitative estimate of drug-likeness (QED) is 0.173. The van der Waals surface area contributed by atoms with E-state index < -0.39 is 23.7 Å². The molecule has 0 unspecified atom stereocenters. The summed E-state index contributed by atoms with van der Waals surface area (Å²) in [5.74, 6) is 0. The highest BCUT2D eigenvalue weighted by Crippen LogP contribution is 2.66. The number of hydrogen-bond acceptors (Lipinski definition) is 3. The number of nitrogens with zero attached hydrogens (tertiary/aromatic N) is 1. The predicted molar refractivity (Wildman–Crippen MR) is 210 cm³/mol. The lowest BCUT2D eigenvalue weighted by atomic mass is 9.63. The Hall–Kier alpha value is -5.42. The van der Waals surface area contributed by atoms with E-state index in [2.05, 4.69) is 178 Å². The van der Waals surface area contributed by atoms with Crippen molar-refractivity contribution in [3.63, 3.8) is 0 Å². The summed E-state index contributed by atoms with van der Waals surface area (Å²) in [6, 6.07) is 54.2. The van der Waals surface area contributed by atoms with Crippen LogP contribution in [0.4, 0.5) is 17.1 Å². The highest BCUT2D eigenvalue weighted by molar-refractivity contribution is 6.62. The molecule has 2 aliphatic heterocycles. The number of anilines is 3. The molecule has 1 spiro atoms. The van der Waals surface area contributed by atoms with Crippen LogP contribution in [0.1, 0.15) is 49.9 Å². The average molecular weight is 658 g/mol. The Morgan fingerprint density at radius 3 is 1.75 bits per heavy atom. The summed E-state index contributed by atoms with van der Waals surface area (Å²) >= 11 is 0. The molecule has 11 rings (SSSR count). The van der Waals surface area contributed by atoms with Crippen LogP contribution in [0.2, 0.25) is 0 Å². The van der Waals surface area contributed by atoms with Crippen molar-refractivity contribution < 1.29 is 9.31 Å². The van der Waals surface area contributed by atoms with Crippen molar-refractivity contribution in [2.75, 3.05) is 4.90 Å². The minimum Gasteiger partial charge on any atom is -0.399 e. The van der Waals surface area contributed by atoms with E-state index in [1.165, 1.54) is 77.8 Å². The smallest absolute Gasteiger partial charge is 0.399 e. The fraction of sp³-hybridized carbons (Fsp3) is 0.149. The first kappa shape index (κ1) is 29.3. The third-order valence-electron chi connectivity index (χ3n) is 12.4. The Labute approximate surface area is 299 Å². The molecule has 0 N–H and O–H groups in total. The van der Waals surface area contributed by atoms with Crippen molar-refractivity contribution in [2.45, 2.75) is 44.3 Å². The van der Waals surface area contributed by atoms with E-state index in [1.54, 1.807) is 0 Å². The van der Waals surface area contributed by atoms with Crippen LogP contribution >= 0.6 is 0 Å². The molecule has 1 saturated heterocycles. The molecule has 0 radical (unpaired) electrons. The van der Waals surface area contributed by atoms with Crippen LogP contribution in [-0.4, -0.2) is 18.3 Å². The van der Waals surface area contributed by atoms with Crippen LogP contribution in [0, 0.1) is 0 Å². The van der Waals surface area contributed by atoms with Crippen molar-refractivity contribution in [1.82, 2.24) is 0 Å². The fourth-order valence-corrected chi connectivity index (χ4v) is 9.50. The minimum atomic E-state index is -0.596. The Morgan fingerprint density at radius 1 is 0.471 bits per heavy atom. The van der Waals surface area contributed by atoms with Gasteiger partial charge in [-0.15, -0.1) is 0 Å². The molecule has 2 heterocycles. The molecule has 0 amide bonds. The average Bonchev–Trinajstić information content (AvgIpc) is 3.71. The van der Waals surface area contributed by atoms with Gasteiger partial charge in [0.25, 0.3) is 0 Å². The van der Waals surface area contributed by atoms with Gasteiger partial charge >= 0.3 is 7.12 Å². The summed E-state index contributed by atoms with van der Waals surface area (Å²) in [7, 11) is -0.472. The van der Waals surface area contributed by atoms with Gasteiger partial charge in [0, 0.05) is 5.69 Å². The molecule has 244 valence electrons. The van der Waals surface area contributed by atoms with Crippen molar-refractivity contribution in [3.8, 4) is 33.4 Å². The van der Waals surface area contributed by atoms with Gasteiger partial charge in [-0.3, -0.25) is 0 Å². The number of fused-ring (bicyclic) bond motifs is 13. The Kier molecular flexibility index (Phi) is 5.68. The Morgan fingerprint density at radius 2 is 1.06 bits per heavy atom. The molecule has 7 aromatic carbocycles. The summed E-state index contributed by atoms with van der Waals surface area (Å²) in [6.45, 7) is 8.52. The van der Waals surface area contributed by atoms with Gasteiger partial charge in [0.05, 0.1) is 28.0 Å². The summed E-state index contributed by atoms with van der Waals surface area (Å²) in [6.07, 6.45) is 0. The maximum absolute atomic E-state index is 6.70. The summed E-state index contributed by atoms with van der Waals surface area (Å²) < 4.78 is 13.4. The Balaban J connectivity index is 1.29. The third kappa shape index (κ3) is 3.61. The van der Waals surface area contributed by atoms with Crippen molar-refractivity contribution in [1.29, 1.82) is 0 Å². The zero-order valence-corrected chi connectivity index (χ0v) is 29.2. The highest BCUT2D eigenvalue weighted by Gasteiger charge is 2.55. The first-order chi connectivity index (χ1) is 24.8. The van der Waals surface area contributed by atoms with Gasteiger partial charge < -0.3 is 14.2 Å². The lowest BCUT2D eigenvalue weighted by Crippen LogP contribution is -2.41. The lowest BCUT2D eigenvalue weighted by Gasteiger charge is -2.45. The lowest BCUT2D eigenvalue weighted by molar-refractivity contribution is 0.00578. The molecule has 1 fully saturated rings. The third-order valence-corrected chi connectivity index (χ3v) is 12.4. The van der Waals surface area contributed by atoms with E-state index in [9.17, 15) is 0 Å². The van der Waals surface area contributed by atoms with E-state index in [1.807, 2.05) is 0 Å².